The summed E-state index contributed by atoms with van der Waals surface area (Å²) in [6.45, 7) is 2.33. The van der Waals surface area contributed by atoms with Gasteiger partial charge in [0.1, 0.15) is 25.4 Å². The van der Waals surface area contributed by atoms with E-state index >= 15 is 0 Å². The van der Waals surface area contributed by atoms with Gasteiger partial charge in [-0.1, -0.05) is 308 Å². The van der Waals surface area contributed by atoms with Crippen LogP contribution in [-0.4, -0.2) is 95.9 Å². The molecule has 0 aromatic carbocycles. The molecule has 0 aromatic heterocycles. The second-order valence-electron chi connectivity index (χ2n) is 26.4. The minimum absolute atomic E-state index is 0.0867. The fourth-order valence-corrected chi connectivity index (χ4v) is 12.1. The number of unbranched alkanes of at least 4 members (excludes halogenated alkanes) is 28. The van der Waals surface area contributed by atoms with Crippen molar-refractivity contribution in [2.45, 2.75) is 334 Å². The monoisotopic (exact) mass is 1480 g/mol. The Balaban J connectivity index is 4.52. The molecule has 0 saturated carbocycles. The largest absolute Gasteiger partial charge is 0.472 e. The van der Waals surface area contributed by atoms with Gasteiger partial charge in [-0.05, 0) is 135 Å². The first-order valence-corrected chi connectivity index (χ1v) is 43.1. The van der Waals surface area contributed by atoms with Crippen molar-refractivity contribution in [3.63, 3.8) is 0 Å². The van der Waals surface area contributed by atoms with Crippen molar-refractivity contribution in [3.8, 4) is 0 Å². The van der Waals surface area contributed by atoms with Gasteiger partial charge < -0.3 is 34.2 Å². The Labute approximate surface area is 626 Å². The highest BCUT2D eigenvalue weighted by molar-refractivity contribution is 7.47. The first-order valence-electron chi connectivity index (χ1n) is 40.1. The molecule has 0 heterocycles. The van der Waals surface area contributed by atoms with Crippen molar-refractivity contribution in [2.75, 3.05) is 39.6 Å². The van der Waals surface area contributed by atoms with Gasteiger partial charge in [0.2, 0.25) is 0 Å². The van der Waals surface area contributed by atoms with Crippen LogP contribution in [0.2, 0.25) is 0 Å². The predicted octanol–water partition coefficient (Wildman–Crippen LogP) is 23.7. The highest BCUT2D eigenvalue weighted by atomic mass is 31.2. The Kier molecular flexibility index (Phi) is 73.6. The molecule has 0 spiro atoms. The van der Waals surface area contributed by atoms with Crippen LogP contribution in [0.5, 0.6) is 0 Å². The smallest absolute Gasteiger partial charge is 0.463 e. The number of hydrogen-bond donors (Lipinski definition) is 4. The summed E-state index contributed by atoms with van der Waals surface area (Å²) in [6, 6.07) is 0. The number of phosphoric acid groups is 2. The predicted molar refractivity (Wildman–Crippen MR) is 426 cm³/mol. The molecule has 0 aromatic rings. The zero-order valence-corrected chi connectivity index (χ0v) is 66.2. The SMILES string of the molecule is CC/C=C\C/C=C\C/C=C\C/C=C\C/C=C\CCCCCCCCCCCCCCCCCC(=O)OCC(O)COP(=O)(O)OCC(O)COP(=O)(O)OCC(COC(=O)CCCCCCCC/C=C\C/C=C\C/C=C\C/C=C\CC)OC(=O)CCCCCCCCC/C=C\C/C=C\C/C=C\CC. The van der Waals surface area contributed by atoms with Gasteiger partial charge in [-0.2, -0.15) is 0 Å². The second kappa shape index (κ2) is 77.1. The van der Waals surface area contributed by atoms with Gasteiger partial charge in [0.05, 0.1) is 26.4 Å². The number of hydrogen-bond acceptors (Lipinski definition) is 14. The number of ether oxygens (including phenoxy) is 3. The van der Waals surface area contributed by atoms with Crippen LogP contribution in [-0.2, 0) is 55.8 Å². The van der Waals surface area contributed by atoms with Gasteiger partial charge in [-0.3, -0.25) is 32.5 Å². The topological polar surface area (TPSA) is 231 Å². The van der Waals surface area contributed by atoms with Crippen LogP contribution in [0.4, 0.5) is 0 Å². The van der Waals surface area contributed by atoms with Crippen molar-refractivity contribution in [2.24, 2.45) is 0 Å². The highest BCUT2D eigenvalue weighted by Gasteiger charge is 2.29. The summed E-state index contributed by atoms with van der Waals surface area (Å²) >= 11 is 0. The second-order valence-corrected chi connectivity index (χ2v) is 29.3. The summed E-state index contributed by atoms with van der Waals surface area (Å²) in [6.07, 6.45) is 94.7. The van der Waals surface area contributed by atoms with E-state index in [9.17, 15) is 43.5 Å². The Hall–Kier alpha value is -4.57. The van der Waals surface area contributed by atoms with Gasteiger partial charge >= 0.3 is 33.6 Å². The molecule has 0 rings (SSSR count). The van der Waals surface area contributed by atoms with Crippen LogP contribution in [0, 0.1) is 0 Å². The van der Waals surface area contributed by atoms with Crippen molar-refractivity contribution in [1.82, 2.24) is 0 Å². The first kappa shape index (κ1) is 98.4. The van der Waals surface area contributed by atoms with Gasteiger partial charge in [0.15, 0.2) is 6.10 Å². The molecule has 0 fully saturated rings. The Morgan fingerprint density at radius 1 is 0.272 bits per heavy atom. The lowest BCUT2D eigenvalue weighted by Gasteiger charge is -2.21. The van der Waals surface area contributed by atoms with E-state index in [0.29, 0.717) is 19.3 Å². The molecule has 0 aliphatic heterocycles. The quantitative estimate of drug-likeness (QED) is 0.0146. The third-order valence-electron chi connectivity index (χ3n) is 16.5. The van der Waals surface area contributed by atoms with E-state index in [-0.39, 0.29) is 19.3 Å². The number of allylic oxidation sites excluding steroid dienone is 24. The maximum Gasteiger partial charge on any atom is 0.472 e. The number of aliphatic hydroxyl groups is 2. The standard InChI is InChI=1S/C85H144O16P2/c1-4-7-10-13-16-19-22-25-28-31-33-34-35-36-37-38-39-40-41-42-43-44-46-49-50-53-56-59-62-65-68-71-83(88)95-74-80(86)75-97-102(91,92)98-76-81(87)77-99-103(93,94)100-79-82(101-85(90)73-70-67-64-61-58-55-52-47-30-27-24-21-18-15-12-9-6-3)78-96-84(89)72-69-66-63-60-57-54-51-48-45-32-29-26-23-20-17-14-11-8-5-2/h7-12,16-21,25-30,33-34,36-37,45,48,80-82,86-87H,4-6,13-15,22-24,31-32,35,38-44,46-47,49-79H2,1-3H3,(H,91,92)(H,93,94)/b10-7-,11-8-,12-9-,19-16-,20-17-,21-18-,28-25-,29-26-,30-27-,34-33-,37-36-,48-45-. The molecular formula is C85H144O16P2. The van der Waals surface area contributed by atoms with Gasteiger partial charge in [-0.15, -0.1) is 0 Å². The van der Waals surface area contributed by atoms with Gasteiger partial charge in [0.25, 0.3) is 0 Å². The van der Waals surface area contributed by atoms with Crippen LogP contribution >= 0.6 is 15.6 Å². The molecule has 0 amide bonds. The molecular weight excluding hydrogens is 1340 g/mol. The third kappa shape index (κ3) is 78.3. The zero-order valence-electron chi connectivity index (χ0n) is 64.4. The number of rotatable bonds is 75. The Morgan fingerprint density at radius 2 is 0.485 bits per heavy atom. The zero-order chi connectivity index (χ0) is 75.2. The number of phosphoric ester groups is 2. The molecule has 0 aliphatic rings. The minimum Gasteiger partial charge on any atom is -0.463 e. The van der Waals surface area contributed by atoms with E-state index in [1.807, 2.05) is 0 Å². The first-order chi connectivity index (χ1) is 50.2. The maximum absolute atomic E-state index is 13.0. The summed E-state index contributed by atoms with van der Waals surface area (Å²) < 4.78 is 61.2. The van der Waals surface area contributed by atoms with Crippen LogP contribution in [0.25, 0.3) is 0 Å². The highest BCUT2D eigenvalue weighted by Crippen LogP contribution is 2.45. The minimum atomic E-state index is -4.94. The molecule has 18 heteroatoms. The summed E-state index contributed by atoms with van der Waals surface area (Å²) in [5.41, 5.74) is 0. The number of carbonyl (C=O) groups excluding carboxylic acids is 3. The molecule has 4 N–H and O–H groups in total. The number of aliphatic hydroxyl groups excluding tert-OH is 2. The molecule has 0 bridgehead atoms. The lowest BCUT2D eigenvalue weighted by molar-refractivity contribution is -0.161. The summed E-state index contributed by atoms with van der Waals surface area (Å²) in [7, 11) is -9.80. The normalized spacial score (nSPS) is 14.7. The Morgan fingerprint density at radius 3 is 0.767 bits per heavy atom. The maximum atomic E-state index is 13.0. The molecule has 0 aliphatic carbocycles. The summed E-state index contributed by atoms with van der Waals surface area (Å²) in [5.74, 6) is -1.60. The summed E-state index contributed by atoms with van der Waals surface area (Å²) in [5, 5.41) is 20.7. The molecule has 590 valence electrons. The van der Waals surface area contributed by atoms with Crippen molar-refractivity contribution in [3.05, 3.63) is 146 Å². The average molecular weight is 1480 g/mol. The molecule has 103 heavy (non-hydrogen) atoms. The lowest BCUT2D eigenvalue weighted by Crippen LogP contribution is -2.30. The van der Waals surface area contributed by atoms with E-state index in [0.717, 1.165) is 180 Å². The fourth-order valence-electron chi connectivity index (χ4n) is 10.5. The van der Waals surface area contributed by atoms with Crippen molar-refractivity contribution in [1.29, 1.82) is 0 Å². The van der Waals surface area contributed by atoms with Crippen LogP contribution in [0.1, 0.15) is 316 Å². The molecule has 5 unspecified atom stereocenters. The van der Waals surface area contributed by atoms with E-state index < -0.39 is 91.5 Å². The molecule has 16 nitrogen and oxygen atoms in total. The van der Waals surface area contributed by atoms with E-state index in [1.54, 1.807) is 0 Å². The third-order valence-corrected chi connectivity index (χ3v) is 18.4. The number of esters is 3. The molecule has 5 atom stereocenters. The van der Waals surface area contributed by atoms with E-state index in [2.05, 4.69) is 167 Å². The average Bonchev–Trinajstić information content (AvgIpc) is 0.915. The molecule has 0 radical (unpaired) electrons. The van der Waals surface area contributed by atoms with Crippen LogP contribution in [0.3, 0.4) is 0 Å². The van der Waals surface area contributed by atoms with E-state index in [4.69, 9.17) is 32.3 Å². The van der Waals surface area contributed by atoms with Crippen molar-refractivity contribution < 1.29 is 75.8 Å². The summed E-state index contributed by atoms with van der Waals surface area (Å²) in [4.78, 5) is 58.7. The van der Waals surface area contributed by atoms with Gasteiger partial charge in [0, 0.05) is 19.3 Å². The fraction of sp³-hybridized carbons (Fsp3) is 0.682. The van der Waals surface area contributed by atoms with Gasteiger partial charge in [-0.25, -0.2) is 9.13 Å². The van der Waals surface area contributed by atoms with Crippen LogP contribution < -0.4 is 0 Å². The molecule has 0 saturated heterocycles. The van der Waals surface area contributed by atoms with Crippen LogP contribution in [0.15, 0.2) is 146 Å². The van der Waals surface area contributed by atoms with E-state index in [1.165, 1.54) is 77.0 Å². The Bertz CT molecular complexity index is 2450. The lowest BCUT2D eigenvalue weighted by atomic mass is 10.0. The van der Waals surface area contributed by atoms with Crippen molar-refractivity contribution >= 4 is 33.6 Å². The number of carbonyl (C=O) groups is 3.